The molecule has 1 heterocycles. The number of piperidine rings is 1. The average molecular weight is 380 g/mol. The van der Waals surface area contributed by atoms with Crippen molar-refractivity contribution in [3.63, 3.8) is 0 Å². The Morgan fingerprint density at radius 2 is 1.68 bits per heavy atom. The fraction of sp³-hybridized carbons (Fsp3) is 0.391. The molecule has 3 rings (SSSR count). The second-order valence-electron chi connectivity index (χ2n) is 7.10. The molecule has 2 aromatic carbocycles. The molecule has 1 aliphatic heterocycles. The molecule has 148 valence electrons. The smallest absolute Gasteiger partial charge is 0.253 e. The molecule has 1 saturated heterocycles. The number of ether oxygens (including phenoxy) is 1. The summed E-state index contributed by atoms with van der Waals surface area (Å²) in [5.41, 5.74) is 1.40. The minimum absolute atomic E-state index is 0.0558. The fourth-order valence-electron chi connectivity index (χ4n) is 3.55. The molecule has 1 N–H and O–H groups in total. The van der Waals surface area contributed by atoms with Crippen LogP contribution in [0, 0.1) is 5.92 Å². The van der Waals surface area contributed by atoms with Crippen molar-refractivity contribution in [2.75, 3.05) is 26.2 Å². The molecule has 0 unspecified atom stereocenters. The van der Waals surface area contributed by atoms with E-state index in [9.17, 15) is 9.59 Å². The van der Waals surface area contributed by atoms with Crippen LogP contribution in [0.3, 0.4) is 0 Å². The molecule has 0 atom stereocenters. The zero-order valence-corrected chi connectivity index (χ0v) is 16.4. The summed E-state index contributed by atoms with van der Waals surface area (Å²) in [6.45, 7) is 4.77. The highest BCUT2D eigenvalue weighted by Crippen LogP contribution is 2.21. The SMILES string of the molecule is CCOc1ccc(C(=O)NCCC2CCN(C(=O)c3ccccc3)CC2)cc1. The average Bonchev–Trinajstić information content (AvgIpc) is 2.75. The quantitative estimate of drug-likeness (QED) is 0.796. The van der Waals surface area contributed by atoms with Crippen LogP contribution in [0.5, 0.6) is 5.75 Å². The van der Waals surface area contributed by atoms with Crippen LogP contribution in [0.4, 0.5) is 0 Å². The van der Waals surface area contributed by atoms with Crippen LogP contribution in [0.2, 0.25) is 0 Å². The first-order chi connectivity index (χ1) is 13.7. The summed E-state index contributed by atoms with van der Waals surface area (Å²) in [5, 5.41) is 3.00. The summed E-state index contributed by atoms with van der Waals surface area (Å²) >= 11 is 0. The van der Waals surface area contributed by atoms with Crippen LogP contribution < -0.4 is 10.1 Å². The first-order valence-electron chi connectivity index (χ1n) is 10.0. The van der Waals surface area contributed by atoms with E-state index >= 15 is 0 Å². The maximum atomic E-state index is 12.5. The van der Waals surface area contributed by atoms with Crippen molar-refractivity contribution >= 4 is 11.8 Å². The molecule has 0 saturated carbocycles. The molecule has 0 bridgehead atoms. The van der Waals surface area contributed by atoms with Gasteiger partial charge in [-0.15, -0.1) is 0 Å². The van der Waals surface area contributed by atoms with Crippen LogP contribution in [0.25, 0.3) is 0 Å². The molecule has 28 heavy (non-hydrogen) atoms. The molecule has 0 radical (unpaired) electrons. The number of carbonyl (C=O) groups excluding carboxylic acids is 2. The van der Waals surface area contributed by atoms with E-state index in [1.165, 1.54) is 0 Å². The van der Waals surface area contributed by atoms with Crippen LogP contribution in [0.1, 0.15) is 46.9 Å². The zero-order chi connectivity index (χ0) is 19.8. The molecule has 5 heteroatoms. The number of carbonyl (C=O) groups is 2. The third-order valence-electron chi connectivity index (χ3n) is 5.19. The van der Waals surface area contributed by atoms with Crippen molar-refractivity contribution in [1.29, 1.82) is 0 Å². The lowest BCUT2D eigenvalue weighted by molar-refractivity contribution is 0.0687. The molecule has 0 spiro atoms. The number of benzene rings is 2. The van der Waals surface area contributed by atoms with Gasteiger partial charge in [0.05, 0.1) is 6.61 Å². The van der Waals surface area contributed by atoms with Gasteiger partial charge < -0.3 is 15.0 Å². The van der Waals surface area contributed by atoms with Gasteiger partial charge >= 0.3 is 0 Å². The van der Waals surface area contributed by atoms with E-state index in [0.29, 0.717) is 24.6 Å². The minimum Gasteiger partial charge on any atom is -0.494 e. The number of amides is 2. The Morgan fingerprint density at radius 3 is 2.32 bits per heavy atom. The normalized spacial score (nSPS) is 14.5. The van der Waals surface area contributed by atoms with Gasteiger partial charge in [0, 0.05) is 30.8 Å². The van der Waals surface area contributed by atoms with E-state index in [2.05, 4.69) is 5.32 Å². The molecule has 5 nitrogen and oxygen atoms in total. The number of nitrogens with one attached hydrogen (secondary N) is 1. The van der Waals surface area contributed by atoms with Gasteiger partial charge in [-0.25, -0.2) is 0 Å². The van der Waals surface area contributed by atoms with Crippen molar-refractivity contribution in [1.82, 2.24) is 10.2 Å². The van der Waals surface area contributed by atoms with Crippen molar-refractivity contribution in [3.8, 4) is 5.75 Å². The number of hydrogen-bond acceptors (Lipinski definition) is 3. The summed E-state index contributed by atoms with van der Waals surface area (Å²) in [7, 11) is 0. The summed E-state index contributed by atoms with van der Waals surface area (Å²) in [4.78, 5) is 26.7. The van der Waals surface area contributed by atoms with E-state index in [0.717, 1.165) is 43.7 Å². The van der Waals surface area contributed by atoms with E-state index in [1.54, 1.807) is 12.1 Å². The molecular formula is C23H28N2O3. The maximum Gasteiger partial charge on any atom is 0.253 e. The monoisotopic (exact) mass is 380 g/mol. The van der Waals surface area contributed by atoms with Gasteiger partial charge in [0.25, 0.3) is 11.8 Å². The maximum absolute atomic E-state index is 12.5. The zero-order valence-electron chi connectivity index (χ0n) is 16.4. The number of likely N-dealkylation sites (tertiary alicyclic amines) is 1. The fourth-order valence-corrected chi connectivity index (χ4v) is 3.55. The molecule has 1 aliphatic rings. The summed E-state index contributed by atoms with van der Waals surface area (Å²) in [6, 6.07) is 16.7. The van der Waals surface area contributed by atoms with Crippen LogP contribution in [0.15, 0.2) is 54.6 Å². The third-order valence-corrected chi connectivity index (χ3v) is 5.19. The van der Waals surface area contributed by atoms with Crippen LogP contribution >= 0.6 is 0 Å². The highest BCUT2D eigenvalue weighted by molar-refractivity contribution is 5.94. The third kappa shape index (κ3) is 5.35. The molecule has 1 fully saturated rings. The Labute approximate surface area is 166 Å². The van der Waals surface area contributed by atoms with Crippen LogP contribution in [-0.4, -0.2) is 43.0 Å². The summed E-state index contributed by atoms with van der Waals surface area (Å²) in [6.07, 6.45) is 2.91. The predicted molar refractivity (Wildman–Crippen MR) is 110 cm³/mol. The summed E-state index contributed by atoms with van der Waals surface area (Å²) in [5.74, 6) is 1.37. The Morgan fingerprint density at radius 1 is 1.00 bits per heavy atom. The Kier molecular flexibility index (Phi) is 7.06. The number of hydrogen-bond donors (Lipinski definition) is 1. The number of nitrogens with zero attached hydrogens (tertiary/aromatic N) is 1. The van der Waals surface area contributed by atoms with Gasteiger partial charge in [-0.1, -0.05) is 18.2 Å². The lowest BCUT2D eigenvalue weighted by atomic mass is 9.93. The van der Waals surface area contributed by atoms with Gasteiger partial charge in [-0.05, 0) is 68.5 Å². The van der Waals surface area contributed by atoms with E-state index in [-0.39, 0.29) is 11.8 Å². The van der Waals surface area contributed by atoms with Crippen molar-refractivity contribution in [3.05, 3.63) is 65.7 Å². The van der Waals surface area contributed by atoms with Crippen molar-refractivity contribution in [2.24, 2.45) is 5.92 Å². The molecule has 2 amide bonds. The predicted octanol–water partition coefficient (Wildman–Crippen LogP) is 3.76. The highest BCUT2D eigenvalue weighted by Gasteiger charge is 2.23. The van der Waals surface area contributed by atoms with Crippen LogP contribution in [-0.2, 0) is 0 Å². The van der Waals surface area contributed by atoms with E-state index < -0.39 is 0 Å². The minimum atomic E-state index is -0.0558. The molecular weight excluding hydrogens is 352 g/mol. The summed E-state index contributed by atoms with van der Waals surface area (Å²) < 4.78 is 5.40. The first kappa shape index (κ1) is 19.9. The van der Waals surface area contributed by atoms with Crippen molar-refractivity contribution < 1.29 is 14.3 Å². The number of rotatable bonds is 7. The van der Waals surface area contributed by atoms with Gasteiger partial charge in [-0.2, -0.15) is 0 Å². The second-order valence-corrected chi connectivity index (χ2v) is 7.10. The second kappa shape index (κ2) is 9.93. The van der Waals surface area contributed by atoms with Gasteiger partial charge in [-0.3, -0.25) is 9.59 Å². The lowest BCUT2D eigenvalue weighted by Crippen LogP contribution is -2.39. The topological polar surface area (TPSA) is 58.6 Å². The Bertz CT molecular complexity index is 766. The molecule has 0 aromatic heterocycles. The largest absolute Gasteiger partial charge is 0.494 e. The highest BCUT2D eigenvalue weighted by atomic mass is 16.5. The lowest BCUT2D eigenvalue weighted by Gasteiger charge is -2.32. The molecule has 0 aliphatic carbocycles. The van der Waals surface area contributed by atoms with Gasteiger partial charge in [0.1, 0.15) is 5.75 Å². The first-order valence-corrected chi connectivity index (χ1v) is 10.0. The Balaban J connectivity index is 1.38. The standard InChI is InChI=1S/C23H28N2O3/c1-2-28-21-10-8-19(9-11-21)22(26)24-15-12-18-13-16-25(17-14-18)23(27)20-6-4-3-5-7-20/h3-11,18H,2,12-17H2,1H3,(H,24,26). The van der Waals surface area contributed by atoms with E-state index in [4.69, 9.17) is 4.74 Å². The molecule has 2 aromatic rings. The van der Waals surface area contributed by atoms with Gasteiger partial charge in [0.15, 0.2) is 0 Å². The van der Waals surface area contributed by atoms with Crippen molar-refractivity contribution in [2.45, 2.75) is 26.2 Å². The Hall–Kier alpha value is -2.82. The van der Waals surface area contributed by atoms with Gasteiger partial charge in [0.2, 0.25) is 0 Å². The van der Waals surface area contributed by atoms with E-state index in [1.807, 2.05) is 54.3 Å².